The van der Waals surface area contributed by atoms with Gasteiger partial charge in [-0.25, -0.2) is 0 Å². The smallest absolute Gasteiger partial charge is 0.317 e. The molecule has 284 valence electrons. The summed E-state index contributed by atoms with van der Waals surface area (Å²) in [7, 11) is 0. The third-order valence-electron chi connectivity index (χ3n) is 10.00. The number of carbonyl (C=O) groups is 6. The molecule has 3 rings (SSSR count). The van der Waals surface area contributed by atoms with Crippen molar-refractivity contribution in [3.63, 3.8) is 0 Å². The molecular weight excluding hydrogens is 660 g/mol. The highest BCUT2D eigenvalue weighted by atomic mass is 16.4. The number of piperidine rings is 2. The van der Waals surface area contributed by atoms with Crippen LogP contribution in [0.4, 0.5) is 0 Å². The number of aliphatic hydroxyl groups is 4. The lowest BCUT2D eigenvalue weighted by atomic mass is 9.87. The zero-order valence-electron chi connectivity index (χ0n) is 28.5. The number of aliphatic carboxylic acids is 2. The number of carboxylic acid groups (broad SMARTS) is 2. The lowest BCUT2D eigenvalue weighted by Gasteiger charge is -2.45. The predicted octanol–water partition coefficient (Wildman–Crippen LogP) is -3.51. The molecule has 0 aromatic heterocycles. The third kappa shape index (κ3) is 12.1. The highest BCUT2D eigenvalue weighted by molar-refractivity contribution is 5.82. The summed E-state index contributed by atoms with van der Waals surface area (Å²) in [5.41, 5.74) is 0. The molecule has 0 radical (unpaired) electrons. The summed E-state index contributed by atoms with van der Waals surface area (Å²) in [4.78, 5) is 82.3. The molecule has 2 atom stereocenters. The van der Waals surface area contributed by atoms with Crippen LogP contribution in [0.2, 0.25) is 0 Å². The third-order valence-corrected chi connectivity index (χ3v) is 10.00. The van der Waals surface area contributed by atoms with Crippen LogP contribution in [-0.2, 0) is 28.8 Å². The average Bonchev–Trinajstić information content (AvgIpc) is 3.11. The molecule has 3 fully saturated rings. The van der Waals surface area contributed by atoms with Gasteiger partial charge in [0.1, 0.15) is 0 Å². The van der Waals surface area contributed by atoms with Crippen LogP contribution in [0.1, 0.15) is 51.4 Å². The van der Waals surface area contributed by atoms with Gasteiger partial charge >= 0.3 is 11.9 Å². The van der Waals surface area contributed by atoms with Crippen LogP contribution in [-0.4, -0.2) is 189 Å². The summed E-state index contributed by atoms with van der Waals surface area (Å²) in [6.45, 7) is -1.98. The van der Waals surface area contributed by atoms with E-state index in [0.29, 0.717) is 38.5 Å². The largest absolute Gasteiger partial charge is 0.480 e. The standard InChI is InChI=1S/C32H54N6O12/c39-17-23(18-40)33-31(49)21-5-9-35(10-6-21)27(43)13-37(15-29(45)46)25-3-1-2-4-26(25)38(16-30(47)48)14-28(44)36-11-7-22(8-12-36)32(50)34-24(19-41)20-42/h21-26,39-42H,1-20H2,(H,33,49)(H,34,50)(H,45,46)(H,47,48). The minimum atomic E-state index is -1.16. The monoisotopic (exact) mass is 714 g/mol. The molecule has 2 aliphatic heterocycles. The Balaban J connectivity index is 1.65. The summed E-state index contributed by atoms with van der Waals surface area (Å²) in [5.74, 6) is -4.42. The number of nitrogens with zero attached hydrogens (tertiary/aromatic N) is 4. The van der Waals surface area contributed by atoms with Crippen molar-refractivity contribution in [3.8, 4) is 0 Å². The van der Waals surface area contributed by atoms with E-state index in [2.05, 4.69) is 10.6 Å². The molecule has 18 nitrogen and oxygen atoms in total. The fourth-order valence-electron chi connectivity index (χ4n) is 7.14. The van der Waals surface area contributed by atoms with Crippen LogP contribution >= 0.6 is 0 Å². The van der Waals surface area contributed by atoms with Gasteiger partial charge in [-0.15, -0.1) is 0 Å². The Labute approximate surface area is 291 Å². The molecule has 0 aromatic carbocycles. The Morgan fingerprint density at radius 1 is 0.540 bits per heavy atom. The second-order valence-electron chi connectivity index (χ2n) is 13.5. The fraction of sp³-hybridized carbons (Fsp3) is 0.812. The van der Waals surface area contributed by atoms with Gasteiger partial charge in [0.05, 0.1) is 64.7 Å². The maximum atomic E-state index is 13.5. The Hall–Kier alpha value is -3.42. The fourth-order valence-corrected chi connectivity index (χ4v) is 7.14. The maximum Gasteiger partial charge on any atom is 0.317 e. The quantitative estimate of drug-likeness (QED) is 0.0685. The molecule has 0 aromatic rings. The van der Waals surface area contributed by atoms with Crippen LogP contribution in [0.5, 0.6) is 0 Å². The molecule has 0 bridgehead atoms. The van der Waals surface area contributed by atoms with E-state index in [1.54, 1.807) is 19.6 Å². The molecular formula is C32H54N6O12. The highest BCUT2D eigenvalue weighted by Crippen LogP contribution is 2.29. The van der Waals surface area contributed by atoms with Gasteiger partial charge in [0.25, 0.3) is 0 Å². The zero-order valence-corrected chi connectivity index (χ0v) is 28.5. The lowest BCUT2D eigenvalue weighted by Crippen LogP contribution is -2.59. The van der Waals surface area contributed by atoms with Crippen LogP contribution in [0.25, 0.3) is 0 Å². The van der Waals surface area contributed by atoms with Gasteiger partial charge in [0.15, 0.2) is 0 Å². The zero-order chi connectivity index (χ0) is 36.8. The number of hydrogen-bond donors (Lipinski definition) is 8. The van der Waals surface area contributed by atoms with E-state index in [-0.39, 0.29) is 62.9 Å². The minimum absolute atomic E-state index is 0.237. The van der Waals surface area contributed by atoms with Gasteiger partial charge in [-0.3, -0.25) is 38.6 Å². The van der Waals surface area contributed by atoms with E-state index >= 15 is 0 Å². The summed E-state index contributed by atoms with van der Waals surface area (Å²) in [6, 6.07) is -2.58. The highest BCUT2D eigenvalue weighted by Gasteiger charge is 2.39. The average molecular weight is 715 g/mol. The summed E-state index contributed by atoms with van der Waals surface area (Å²) in [5, 5.41) is 61.8. The molecule has 1 aliphatic carbocycles. The summed E-state index contributed by atoms with van der Waals surface area (Å²) in [6.07, 6.45) is 3.88. The van der Waals surface area contributed by atoms with E-state index in [1.807, 2.05) is 0 Å². The number of carboxylic acids is 2. The van der Waals surface area contributed by atoms with E-state index in [1.165, 1.54) is 0 Å². The van der Waals surface area contributed by atoms with Crippen LogP contribution in [0.15, 0.2) is 0 Å². The van der Waals surface area contributed by atoms with Gasteiger partial charge in [-0.1, -0.05) is 12.8 Å². The van der Waals surface area contributed by atoms with Crippen molar-refractivity contribution in [2.24, 2.45) is 11.8 Å². The molecule has 4 amide bonds. The molecule has 1 saturated carbocycles. The molecule has 2 heterocycles. The van der Waals surface area contributed by atoms with E-state index in [0.717, 1.165) is 12.8 Å². The van der Waals surface area contributed by atoms with E-state index < -0.39 is 87.5 Å². The van der Waals surface area contributed by atoms with Crippen molar-refractivity contribution in [2.75, 3.05) is 78.8 Å². The lowest BCUT2D eigenvalue weighted by molar-refractivity contribution is -0.147. The Bertz CT molecular complexity index is 1060. The first-order chi connectivity index (χ1) is 23.9. The molecule has 3 aliphatic rings. The summed E-state index contributed by atoms with van der Waals surface area (Å²) >= 11 is 0. The number of carbonyl (C=O) groups excluding carboxylic acids is 4. The molecule has 2 unspecified atom stereocenters. The van der Waals surface area contributed by atoms with Crippen molar-refractivity contribution in [1.82, 2.24) is 30.2 Å². The first-order valence-electron chi connectivity index (χ1n) is 17.4. The molecule has 2 saturated heterocycles. The van der Waals surface area contributed by atoms with E-state index in [4.69, 9.17) is 0 Å². The van der Waals surface area contributed by atoms with Crippen LogP contribution in [0, 0.1) is 11.8 Å². The normalized spacial score (nSPS) is 20.8. The van der Waals surface area contributed by atoms with Crippen molar-refractivity contribution >= 4 is 35.6 Å². The van der Waals surface area contributed by atoms with Crippen LogP contribution < -0.4 is 10.6 Å². The topological polar surface area (TPSA) is 261 Å². The second-order valence-corrected chi connectivity index (χ2v) is 13.5. The minimum Gasteiger partial charge on any atom is -0.480 e. The van der Waals surface area contributed by atoms with Gasteiger partial charge in [0.2, 0.25) is 23.6 Å². The first-order valence-corrected chi connectivity index (χ1v) is 17.4. The van der Waals surface area contributed by atoms with Gasteiger partial charge in [-0.05, 0) is 38.5 Å². The Kier molecular flexibility index (Phi) is 16.8. The number of hydrogen-bond acceptors (Lipinski definition) is 12. The number of aliphatic hydroxyl groups excluding tert-OH is 4. The molecule has 50 heavy (non-hydrogen) atoms. The first kappa shape index (κ1) is 41.0. The Morgan fingerprint density at radius 2 is 0.860 bits per heavy atom. The molecule has 0 spiro atoms. The van der Waals surface area contributed by atoms with Crippen molar-refractivity contribution in [3.05, 3.63) is 0 Å². The van der Waals surface area contributed by atoms with Crippen molar-refractivity contribution in [2.45, 2.75) is 75.5 Å². The van der Waals surface area contributed by atoms with Gasteiger partial charge in [-0.2, -0.15) is 0 Å². The van der Waals surface area contributed by atoms with Crippen molar-refractivity contribution in [1.29, 1.82) is 0 Å². The number of amides is 4. The predicted molar refractivity (Wildman–Crippen MR) is 175 cm³/mol. The second kappa shape index (κ2) is 20.4. The Morgan fingerprint density at radius 3 is 1.14 bits per heavy atom. The SMILES string of the molecule is O=C(O)CN(CC(=O)N1CCC(C(=O)NC(CO)CO)CC1)C1CCCCC1N(CC(=O)O)CC(=O)N1CCC(C(=O)NC(CO)CO)CC1. The number of likely N-dealkylation sites (tertiary alicyclic amines) is 2. The van der Waals surface area contributed by atoms with E-state index in [9.17, 15) is 59.4 Å². The maximum absolute atomic E-state index is 13.5. The van der Waals surface area contributed by atoms with Gasteiger partial charge < -0.3 is 51.1 Å². The van der Waals surface area contributed by atoms with Gasteiger partial charge in [0, 0.05) is 50.1 Å². The van der Waals surface area contributed by atoms with Crippen LogP contribution in [0.3, 0.4) is 0 Å². The number of rotatable bonds is 18. The molecule has 18 heteroatoms. The molecule has 8 N–H and O–H groups in total. The van der Waals surface area contributed by atoms with Crippen molar-refractivity contribution < 1.29 is 59.4 Å². The summed E-state index contributed by atoms with van der Waals surface area (Å²) < 4.78 is 0. The number of nitrogens with one attached hydrogen (secondary N) is 2.